The maximum Gasteiger partial charge on any atom is 0.251 e. The number of benzene rings is 2. The van der Waals surface area contributed by atoms with E-state index < -0.39 is 0 Å². The number of hydrogen-bond donors (Lipinski definition) is 3. The highest BCUT2D eigenvalue weighted by Crippen LogP contribution is 2.13. The Morgan fingerprint density at radius 1 is 1.11 bits per heavy atom. The van der Waals surface area contributed by atoms with Crippen LogP contribution in [0.2, 0.25) is 0 Å². The lowest BCUT2D eigenvalue weighted by Crippen LogP contribution is -2.31. The first-order chi connectivity index (χ1) is 13.1. The van der Waals surface area contributed by atoms with Gasteiger partial charge in [0.15, 0.2) is 0 Å². The second-order valence-electron chi connectivity index (χ2n) is 6.69. The Morgan fingerprint density at radius 3 is 2.67 bits per heavy atom. The zero-order chi connectivity index (χ0) is 19.1. The number of carbonyl (C=O) groups excluding carboxylic acids is 2. The van der Waals surface area contributed by atoms with Gasteiger partial charge >= 0.3 is 0 Å². The van der Waals surface area contributed by atoms with Gasteiger partial charge in [0.1, 0.15) is 0 Å². The second-order valence-corrected chi connectivity index (χ2v) is 6.69. The Hall–Kier alpha value is -2.86. The van der Waals surface area contributed by atoms with E-state index in [-0.39, 0.29) is 24.5 Å². The summed E-state index contributed by atoms with van der Waals surface area (Å²) in [5, 5.41) is 8.78. The molecule has 2 aromatic carbocycles. The molecule has 3 N–H and O–H groups in total. The van der Waals surface area contributed by atoms with Crippen LogP contribution in [0.1, 0.15) is 28.8 Å². The fourth-order valence-corrected chi connectivity index (χ4v) is 2.91. The van der Waals surface area contributed by atoms with E-state index >= 15 is 0 Å². The van der Waals surface area contributed by atoms with Gasteiger partial charge in [-0.2, -0.15) is 0 Å². The van der Waals surface area contributed by atoms with Crippen molar-refractivity contribution in [2.75, 3.05) is 30.3 Å². The highest BCUT2D eigenvalue weighted by molar-refractivity contribution is 5.96. The van der Waals surface area contributed by atoms with Gasteiger partial charge in [0.2, 0.25) is 5.91 Å². The first-order valence-corrected chi connectivity index (χ1v) is 9.20. The van der Waals surface area contributed by atoms with Crippen molar-refractivity contribution >= 4 is 23.2 Å². The van der Waals surface area contributed by atoms with Crippen molar-refractivity contribution in [3.63, 3.8) is 0 Å². The van der Waals surface area contributed by atoms with Crippen molar-refractivity contribution < 1.29 is 14.3 Å². The zero-order valence-corrected chi connectivity index (χ0v) is 15.5. The molecule has 1 aliphatic heterocycles. The fraction of sp³-hybridized carbons (Fsp3) is 0.333. The Bertz CT molecular complexity index is 784. The van der Waals surface area contributed by atoms with Crippen molar-refractivity contribution in [2.24, 2.45) is 0 Å². The predicted molar refractivity (Wildman–Crippen MR) is 106 cm³/mol. The third-order valence-corrected chi connectivity index (χ3v) is 4.43. The molecule has 1 atom stereocenters. The quantitative estimate of drug-likeness (QED) is 0.703. The van der Waals surface area contributed by atoms with E-state index in [0.29, 0.717) is 12.1 Å². The van der Waals surface area contributed by atoms with E-state index in [1.54, 1.807) is 18.2 Å². The molecule has 0 saturated carbocycles. The third-order valence-electron chi connectivity index (χ3n) is 4.43. The molecule has 1 saturated heterocycles. The largest absolute Gasteiger partial charge is 0.376 e. The van der Waals surface area contributed by atoms with Crippen molar-refractivity contribution in [3.05, 3.63) is 59.7 Å². The molecule has 6 nitrogen and oxygen atoms in total. The standard InChI is InChI=1S/C21H25N3O3/c1-15-7-9-17(10-8-15)24-20(25)14-22-18-5-2-4-16(12-18)21(26)23-13-19-6-3-11-27-19/h2,4-5,7-10,12,19,22H,3,6,11,13-14H2,1H3,(H,23,26)(H,24,25). The molecule has 0 spiro atoms. The van der Waals surface area contributed by atoms with Gasteiger partial charge in [0.25, 0.3) is 5.91 Å². The number of hydrogen-bond acceptors (Lipinski definition) is 4. The van der Waals surface area contributed by atoms with Crippen molar-refractivity contribution in [2.45, 2.75) is 25.9 Å². The second kappa shape index (κ2) is 9.19. The van der Waals surface area contributed by atoms with Crippen LogP contribution in [0.4, 0.5) is 11.4 Å². The van der Waals surface area contributed by atoms with E-state index in [1.807, 2.05) is 37.3 Å². The van der Waals surface area contributed by atoms with Gasteiger partial charge < -0.3 is 20.7 Å². The van der Waals surface area contributed by atoms with E-state index in [9.17, 15) is 9.59 Å². The summed E-state index contributed by atoms with van der Waals surface area (Å²) in [6, 6.07) is 14.7. The van der Waals surface area contributed by atoms with Crippen molar-refractivity contribution in [1.82, 2.24) is 5.32 Å². The number of amides is 2. The summed E-state index contributed by atoms with van der Waals surface area (Å²) < 4.78 is 5.51. The molecule has 2 aromatic rings. The van der Waals surface area contributed by atoms with Gasteiger partial charge in [-0.25, -0.2) is 0 Å². The highest BCUT2D eigenvalue weighted by atomic mass is 16.5. The van der Waals surface area contributed by atoms with E-state index in [0.717, 1.165) is 36.4 Å². The number of ether oxygens (including phenoxy) is 1. The maximum atomic E-state index is 12.3. The average molecular weight is 367 g/mol. The summed E-state index contributed by atoms with van der Waals surface area (Å²) in [6.45, 7) is 3.41. The maximum absolute atomic E-state index is 12.3. The molecule has 1 heterocycles. The number of rotatable bonds is 7. The van der Waals surface area contributed by atoms with Gasteiger partial charge in [-0.1, -0.05) is 23.8 Å². The molecule has 2 amide bonds. The monoisotopic (exact) mass is 367 g/mol. The third kappa shape index (κ3) is 5.82. The molecular weight excluding hydrogens is 342 g/mol. The minimum absolute atomic E-state index is 0.112. The number of aryl methyl sites for hydroxylation is 1. The number of nitrogens with one attached hydrogen (secondary N) is 3. The molecule has 0 aromatic heterocycles. The summed E-state index contributed by atoms with van der Waals surface area (Å²) in [6.07, 6.45) is 2.14. The number of carbonyl (C=O) groups is 2. The lowest BCUT2D eigenvalue weighted by molar-refractivity contribution is -0.114. The smallest absolute Gasteiger partial charge is 0.251 e. The van der Waals surface area contributed by atoms with Crippen molar-refractivity contribution in [1.29, 1.82) is 0 Å². The molecular formula is C21H25N3O3. The van der Waals surface area contributed by atoms with Gasteiger partial charge in [-0.05, 0) is 50.1 Å². The van der Waals surface area contributed by atoms with Crippen LogP contribution in [0.25, 0.3) is 0 Å². The summed E-state index contributed by atoms with van der Waals surface area (Å²) in [5.41, 5.74) is 3.17. The van der Waals surface area contributed by atoms with Crippen LogP contribution in [0.3, 0.4) is 0 Å². The topological polar surface area (TPSA) is 79.5 Å². The Morgan fingerprint density at radius 2 is 1.93 bits per heavy atom. The van der Waals surface area contributed by atoms with Crippen LogP contribution >= 0.6 is 0 Å². The first kappa shape index (κ1) is 18.9. The van der Waals surface area contributed by atoms with E-state index in [4.69, 9.17) is 4.74 Å². The summed E-state index contributed by atoms with van der Waals surface area (Å²) >= 11 is 0. The predicted octanol–water partition coefficient (Wildman–Crippen LogP) is 2.95. The zero-order valence-electron chi connectivity index (χ0n) is 15.5. The van der Waals surface area contributed by atoms with Crippen LogP contribution in [0, 0.1) is 6.92 Å². The lowest BCUT2D eigenvalue weighted by atomic mass is 10.1. The van der Waals surface area contributed by atoms with Crippen LogP contribution in [-0.2, 0) is 9.53 Å². The van der Waals surface area contributed by atoms with Crippen LogP contribution < -0.4 is 16.0 Å². The molecule has 1 aliphatic rings. The molecule has 3 rings (SSSR count). The summed E-state index contributed by atoms with van der Waals surface area (Å²) in [7, 11) is 0. The highest BCUT2D eigenvalue weighted by Gasteiger charge is 2.16. The molecule has 0 radical (unpaired) electrons. The Labute approximate surface area is 159 Å². The first-order valence-electron chi connectivity index (χ1n) is 9.20. The minimum atomic E-state index is -0.146. The minimum Gasteiger partial charge on any atom is -0.376 e. The molecule has 0 aliphatic carbocycles. The van der Waals surface area contributed by atoms with E-state index in [1.165, 1.54) is 0 Å². The fourth-order valence-electron chi connectivity index (χ4n) is 2.91. The van der Waals surface area contributed by atoms with Crippen molar-refractivity contribution in [3.8, 4) is 0 Å². The summed E-state index contributed by atoms with van der Waals surface area (Å²) in [4.78, 5) is 24.4. The van der Waals surface area contributed by atoms with Gasteiger partial charge in [-0.3, -0.25) is 9.59 Å². The molecule has 1 unspecified atom stereocenters. The Kier molecular flexibility index (Phi) is 6.44. The Balaban J connectivity index is 1.48. The van der Waals surface area contributed by atoms with Gasteiger partial charge in [0.05, 0.1) is 12.6 Å². The molecule has 142 valence electrons. The average Bonchev–Trinajstić information content (AvgIpc) is 3.20. The van der Waals surface area contributed by atoms with Crippen LogP contribution in [0.15, 0.2) is 48.5 Å². The van der Waals surface area contributed by atoms with Gasteiger partial charge in [-0.15, -0.1) is 0 Å². The normalized spacial score (nSPS) is 16.0. The summed E-state index contributed by atoms with van der Waals surface area (Å²) in [5.74, 6) is -0.287. The van der Waals surface area contributed by atoms with Crippen LogP contribution in [0.5, 0.6) is 0 Å². The lowest BCUT2D eigenvalue weighted by Gasteiger charge is -2.12. The van der Waals surface area contributed by atoms with Crippen LogP contribution in [-0.4, -0.2) is 37.6 Å². The molecule has 1 fully saturated rings. The SMILES string of the molecule is Cc1ccc(NC(=O)CNc2cccc(C(=O)NCC3CCCO3)c2)cc1. The van der Waals surface area contributed by atoms with Gasteiger partial charge in [0, 0.05) is 30.1 Å². The van der Waals surface area contributed by atoms with E-state index in [2.05, 4.69) is 16.0 Å². The molecule has 27 heavy (non-hydrogen) atoms. The number of anilines is 2. The molecule has 0 bridgehead atoms. The molecule has 6 heteroatoms.